The zero-order valence-corrected chi connectivity index (χ0v) is 15.9. The first kappa shape index (κ1) is 20.3. The fourth-order valence-corrected chi connectivity index (χ4v) is 2.52. The number of carbonyl (C=O) groups excluding carboxylic acids is 2. The quantitative estimate of drug-likeness (QED) is 0.587. The Bertz CT molecular complexity index is 808. The second kappa shape index (κ2) is 8.58. The molecule has 2 aromatic carbocycles. The Hall–Kier alpha value is -3.02. The van der Waals surface area contributed by atoms with E-state index in [0.717, 1.165) is 11.1 Å². The summed E-state index contributed by atoms with van der Waals surface area (Å²) in [4.78, 5) is 24.0. The third kappa shape index (κ3) is 6.02. The van der Waals surface area contributed by atoms with Crippen molar-refractivity contribution >= 4 is 11.8 Å². The van der Waals surface area contributed by atoms with Gasteiger partial charge in [0, 0.05) is 12.1 Å². The predicted molar refractivity (Wildman–Crippen MR) is 104 cm³/mol. The van der Waals surface area contributed by atoms with Crippen LogP contribution in [-0.2, 0) is 16.6 Å². The van der Waals surface area contributed by atoms with E-state index in [1.165, 1.54) is 12.1 Å². The van der Waals surface area contributed by atoms with Crippen LogP contribution in [0.4, 0.5) is 0 Å². The van der Waals surface area contributed by atoms with Gasteiger partial charge in [-0.2, -0.15) is 0 Å². The SMILES string of the molecule is CC(C)(C)c1ccc(C(=O)NCC(=O)NCCc2ccc(O)c(O)c2)cc1. The number of hydrogen-bond acceptors (Lipinski definition) is 4. The Kier molecular flexibility index (Phi) is 6.45. The number of phenolic OH excluding ortho intramolecular Hbond substituents is 2. The summed E-state index contributed by atoms with van der Waals surface area (Å²) in [6.07, 6.45) is 0.502. The van der Waals surface area contributed by atoms with E-state index in [4.69, 9.17) is 0 Å². The number of hydrogen-bond donors (Lipinski definition) is 4. The molecule has 2 rings (SSSR count). The van der Waals surface area contributed by atoms with Crippen molar-refractivity contribution in [3.8, 4) is 11.5 Å². The van der Waals surface area contributed by atoms with Crippen molar-refractivity contribution in [1.29, 1.82) is 0 Å². The molecule has 0 bridgehead atoms. The van der Waals surface area contributed by atoms with Crippen LogP contribution in [0.3, 0.4) is 0 Å². The molecule has 0 fully saturated rings. The lowest BCUT2D eigenvalue weighted by atomic mass is 9.87. The van der Waals surface area contributed by atoms with E-state index in [1.807, 2.05) is 12.1 Å². The highest BCUT2D eigenvalue weighted by Crippen LogP contribution is 2.25. The maximum atomic E-state index is 12.1. The highest BCUT2D eigenvalue weighted by Gasteiger charge is 2.14. The molecule has 0 aromatic heterocycles. The Morgan fingerprint density at radius 3 is 2.19 bits per heavy atom. The van der Waals surface area contributed by atoms with Crippen LogP contribution in [0.25, 0.3) is 0 Å². The van der Waals surface area contributed by atoms with E-state index in [2.05, 4.69) is 31.4 Å². The average molecular weight is 370 g/mol. The highest BCUT2D eigenvalue weighted by atomic mass is 16.3. The van der Waals surface area contributed by atoms with Gasteiger partial charge >= 0.3 is 0 Å². The van der Waals surface area contributed by atoms with Crippen molar-refractivity contribution in [2.45, 2.75) is 32.6 Å². The summed E-state index contributed by atoms with van der Waals surface area (Å²) in [5, 5.41) is 24.0. The maximum Gasteiger partial charge on any atom is 0.251 e. The molecule has 6 heteroatoms. The molecule has 27 heavy (non-hydrogen) atoms. The molecule has 0 aliphatic rings. The summed E-state index contributed by atoms with van der Waals surface area (Å²) in [7, 11) is 0. The molecule has 0 unspecified atom stereocenters. The van der Waals surface area contributed by atoms with E-state index < -0.39 is 0 Å². The molecule has 0 heterocycles. The van der Waals surface area contributed by atoms with Gasteiger partial charge in [-0.1, -0.05) is 39.0 Å². The first-order valence-corrected chi connectivity index (χ1v) is 8.83. The minimum Gasteiger partial charge on any atom is -0.504 e. The van der Waals surface area contributed by atoms with Crippen molar-refractivity contribution in [3.63, 3.8) is 0 Å². The fourth-order valence-electron chi connectivity index (χ4n) is 2.52. The molecule has 4 N–H and O–H groups in total. The molecular weight excluding hydrogens is 344 g/mol. The number of amides is 2. The molecule has 0 radical (unpaired) electrons. The van der Waals surface area contributed by atoms with Gasteiger partial charge < -0.3 is 20.8 Å². The van der Waals surface area contributed by atoms with Gasteiger partial charge in [-0.25, -0.2) is 0 Å². The fraction of sp³-hybridized carbons (Fsp3) is 0.333. The van der Waals surface area contributed by atoms with Crippen LogP contribution in [0.15, 0.2) is 42.5 Å². The summed E-state index contributed by atoms with van der Waals surface area (Å²) in [6.45, 7) is 6.56. The van der Waals surface area contributed by atoms with Crippen LogP contribution in [-0.4, -0.2) is 35.1 Å². The lowest BCUT2D eigenvalue weighted by Crippen LogP contribution is -2.37. The first-order valence-electron chi connectivity index (χ1n) is 8.83. The summed E-state index contributed by atoms with van der Waals surface area (Å²) in [6, 6.07) is 11.9. The average Bonchev–Trinajstić information content (AvgIpc) is 2.62. The molecule has 144 valence electrons. The Labute approximate surface area is 159 Å². The van der Waals surface area contributed by atoms with Crippen LogP contribution < -0.4 is 10.6 Å². The standard InChI is InChI=1S/C21H26N2O4/c1-21(2,3)16-7-5-15(6-8-16)20(27)23-13-19(26)22-11-10-14-4-9-17(24)18(25)12-14/h4-9,12,24-25H,10-11,13H2,1-3H3,(H,22,26)(H,23,27). The minimum atomic E-state index is -0.297. The molecular formula is C21H26N2O4. The lowest BCUT2D eigenvalue weighted by molar-refractivity contribution is -0.120. The second-order valence-corrected chi connectivity index (χ2v) is 7.43. The van der Waals surface area contributed by atoms with Gasteiger partial charge in [-0.15, -0.1) is 0 Å². The van der Waals surface area contributed by atoms with Gasteiger partial charge in [0.1, 0.15) is 0 Å². The maximum absolute atomic E-state index is 12.1. The van der Waals surface area contributed by atoms with Crippen molar-refractivity contribution in [3.05, 3.63) is 59.2 Å². The van der Waals surface area contributed by atoms with Gasteiger partial charge in [0.25, 0.3) is 5.91 Å². The summed E-state index contributed by atoms with van der Waals surface area (Å²) >= 11 is 0. The summed E-state index contributed by atoms with van der Waals surface area (Å²) < 4.78 is 0. The monoisotopic (exact) mass is 370 g/mol. The third-order valence-corrected chi connectivity index (χ3v) is 4.20. The number of carbonyl (C=O) groups is 2. The van der Waals surface area contributed by atoms with Gasteiger partial charge in [-0.3, -0.25) is 9.59 Å². The summed E-state index contributed by atoms with van der Waals surface area (Å²) in [5.41, 5.74) is 2.45. The van der Waals surface area contributed by atoms with Crippen molar-refractivity contribution < 1.29 is 19.8 Å². The molecule has 0 atom stereocenters. The van der Waals surface area contributed by atoms with E-state index in [1.54, 1.807) is 18.2 Å². The molecule has 2 amide bonds. The highest BCUT2D eigenvalue weighted by molar-refractivity contribution is 5.96. The van der Waals surface area contributed by atoms with Crippen LogP contribution >= 0.6 is 0 Å². The van der Waals surface area contributed by atoms with Crippen molar-refractivity contribution in [2.24, 2.45) is 0 Å². The Morgan fingerprint density at radius 1 is 0.926 bits per heavy atom. The molecule has 2 aromatic rings. The molecule has 0 saturated heterocycles. The van der Waals surface area contributed by atoms with Gasteiger partial charge in [-0.05, 0) is 47.2 Å². The Balaban J connectivity index is 1.76. The van der Waals surface area contributed by atoms with Crippen molar-refractivity contribution in [1.82, 2.24) is 10.6 Å². The zero-order chi connectivity index (χ0) is 20.0. The van der Waals surface area contributed by atoms with E-state index in [-0.39, 0.29) is 35.3 Å². The number of phenols is 2. The van der Waals surface area contributed by atoms with E-state index in [0.29, 0.717) is 18.5 Å². The number of rotatable bonds is 6. The predicted octanol–water partition coefficient (Wildman–Crippen LogP) is 2.48. The van der Waals surface area contributed by atoms with Crippen LogP contribution in [0, 0.1) is 0 Å². The molecule has 6 nitrogen and oxygen atoms in total. The zero-order valence-electron chi connectivity index (χ0n) is 15.9. The van der Waals surface area contributed by atoms with Gasteiger partial charge in [0.05, 0.1) is 6.54 Å². The summed E-state index contributed by atoms with van der Waals surface area (Å²) in [5.74, 6) is -0.962. The van der Waals surface area contributed by atoms with E-state index in [9.17, 15) is 19.8 Å². The Morgan fingerprint density at radius 2 is 1.59 bits per heavy atom. The first-order chi connectivity index (χ1) is 12.7. The van der Waals surface area contributed by atoms with Crippen LogP contribution in [0.1, 0.15) is 42.3 Å². The number of benzene rings is 2. The van der Waals surface area contributed by atoms with Gasteiger partial charge in [0.15, 0.2) is 11.5 Å². The number of aromatic hydroxyl groups is 2. The van der Waals surface area contributed by atoms with E-state index >= 15 is 0 Å². The smallest absolute Gasteiger partial charge is 0.251 e. The molecule has 0 spiro atoms. The van der Waals surface area contributed by atoms with Gasteiger partial charge in [0.2, 0.25) is 5.91 Å². The number of nitrogens with one attached hydrogen (secondary N) is 2. The largest absolute Gasteiger partial charge is 0.504 e. The lowest BCUT2D eigenvalue weighted by Gasteiger charge is -2.19. The normalized spacial score (nSPS) is 11.1. The third-order valence-electron chi connectivity index (χ3n) is 4.20. The second-order valence-electron chi connectivity index (χ2n) is 7.43. The molecule has 0 aliphatic heterocycles. The minimum absolute atomic E-state index is 0.0170. The molecule has 0 aliphatic carbocycles. The molecule has 0 saturated carbocycles. The van der Waals surface area contributed by atoms with Crippen LogP contribution in [0.2, 0.25) is 0 Å². The van der Waals surface area contributed by atoms with Crippen molar-refractivity contribution in [2.75, 3.05) is 13.1 Å². The topological polar surface area (TPSA) is 98.7 Å². The van der Waals surface area contributed by atoms with Crippen LogP contribution in [0.5, 0.6) is 11.5 Å².